The van der Waals surface area contributed by atoms with Crippen LogP contribution in [0.15, 0.2) is 16.8 Å². The molecule has 1 saturated heterocycles. The zero-order valence-corrected chi connectivity index (χ0v) is 8.18. The second-order valence-electron chi connectivity index (χ2n) is 3.32. The topological polar surface area (TPSA) is 26.3 Å². The molecule has 3 heteroatoms. The Bertz CT molecular complexity index is 279. The van der Waals surface area contributed by atoms with Gasteiger partial charge in [-0.3, -0.25) is 4.79 Å². The number of thiophene rings is 1. The van der Waals surface area contributed by atoms with Crippen molar-refractivity contribution in [3.8, 4) is 0 Å². The molecular weight excluding hydrogens is 184 g/mol. The minimum atomic E-state index is 0.100. The summed E-state index contributed by atoms with van der Waals surface area (Å²) in [5.74, 6) is 0.459. The molecule has 1 aromatic rings. The van der Waals surface area contributed by atoms with E-state index in [1.165, 1.54) is 5.56 Å². The van der Waals surface area contributed by atoms with Crippen molar-refractivity contribution in [2.45, 2.75) is 12.8 Å². The summed E-state index contributed by atoms with van der Waals surface area (Å²) in [5, 5.41) is 4.14. The van der Waals surface area contributed by atoms with Crippen LogP contribution in [0.2, 0.25) is 0 Å². The molecule has 1 aliphatic heterocycles. The van der Waals surface area contributed by atoms with Crippen molar-refractivity contribution in [2.24, 2.45) is 5.92 Å². The van der Waals surface area contributed by atoms with Gasteiger partial charge in [0.1, 0.15) is 5.78 Å². The largest absolute Gasteiger partial charge is 0.380 e. The first-order valence-corrected chi connectivity index (χ1v) is 5.42. The predicted molar refractivity (Wildman–Crippen MR) is 52.0 cm³/mol. The molecule has 13 heavy (non-hydrogen) atoms. The summed E-state index contributed by atoms with van der Waals surface area (Å²) in [7, 11) is 0. The van der Waals surface area contributed by atoms with E-state index in [0.29, 0.717) is 25.4 Å². The fourth-order valence-corrected chi connectivity index (χ4v) is 2.24. The van der Waals surface area contributed by atoms with Crippen LogP contribution in [0, 0.1) is 5.92 Å². The van der Waals surface area contributed by atoms with Gasteiger partial charge in [0.05, 0.1) is 13.2 Å². The van der Waals surface area contributed by atoms with Gasteiger partial charge in [-0.05, 0) is 28.8 Å². The van der Waals surface area contributed by atoms with E-state index in [2.05, 4.69) is 11.4 Å². The lowest BCUT2D eigenvalue weighted by atomic mass is 9.94. The van der Waals surface area contributed by atoms with Crippen LogP contribution in [-0.2, 0) is 16.0 Å². The maximum absolute atomic E-state index is 11.4. The Morgan fingerprint density at radius 2 is 2.54 bits per heavy atom. The van der Waals surface area contributed by atoms with Crippen molar-refractivity contribution in [1.82, 2.24) is 0 Å². The van der Waals surface area contributed by atoms with Gasteiger partial charge < -0.3 is 4.74 Å². The van der Waals surface area contributed by atoms with Crippen LogP contribution < -0.4 is 0 Å². The molecule has 0 bridgehead atoms. The smallest absolute Gasteiger partial charge is 0.140 e. The molecule has 0 N–H and O–H groups in total. The van der Waals surface area contributed by atoms with Crippen LogP contribution in [0.25, 0.3) is 0 Å². The van der Waals surface area contributed by atoms with Gasteiger partial charge in [-0.15, -0.1) is 0 Å². The van der Waals surface area contributed by atoms with E-state index in [1.54, 1.807) is 11.3 Å². The quantitative estimate of drug-likeness (QED) is 0.722. The van der Waals surface area contributed by atoms with Crippen molar-refractivity contribution in [1.29, 1.82) is 0 Å². The van der Waals surface area contributed by atoms with Gasteiger partial charge in [0.15, 0.2) is 0 Å². The molecule has 2 rings (SSSR count). The van der Waals surface area contributed by atoms with E-state index in [-0.39, 0.29) is 5.92 Å². The van der Waals surface area contributed by atoms with Gasteiger partial charge in [-0.25, -0.2) is 0 Å². The molecule has 70 valence electrons. The maximum atomic E-state index is 11.4. The Hall–Kier alpha value is -0.670. The lowest BCUT2D eigenvalue weighted by Crippen LogP contribution is -2.28. The van der Waals surface area contributed by atoms with Crippen molar-refractivity contribution in [3.63, 3.8) is 0 Å². The summed E-state index contributed by atoms with van der Waals surface area (Å²) < 4.78 is 5.28. The highest BCUT2D eigenvalue weighted by Gasteiger charge is 2.22. The lowest BCUT2D eigenvalue weighted by Gasteiger charge is -2.20. The molecular formula is C10H12O2S. The molecule has 0 amide bonds. The molecule has 1 aliphatic rings. The van der Waals surface area contributed by atoms with E-state index in [4.69, 9.17) is 4.74 Å². The Morgan fingerprint density at radius 1 is 1.62 bits per heavy atom. The molecule has 1 aromatic heterocycles. The molecule has 1 unspecified atom stereocenters. The highest BCUT2D eigenvalue weighted by molar-refractivity contribution is 7.07. The normalized spacial score (nSPS) is 23.4. The van der Waals surface area contributed by atoms with Gasteiger partial charge in [-0.1, -0.05) is 0 Å². The first-order chi connectivity index (χ1) is 6.36. The van der Waals surface area contributed by atoms with E-state index < -0.39 is 0 Å². The molecule has 0 aromatic carbocycles. The van der Waals surface area contributed by atoms with Crippen LogP contribution in [0.5, 0.6) is 0 Å². The van der Waals surface area contributed by atoms with Crippen LogP contribution >= 0.6 is 11.3 Å². The molecule has 0 saturated carbocycles. The zero-order valence-electron chi connectivity index (χ0n) is 7.36. The average molecular weight is 196 g/mol. The minimum absolute atomic E-state index is 0.100. The number of ether oxygens (including phenoxy) is 1. The number of hydrogen-bond donors (Lipinski definition) is 0. The average Bonchev–Trinajstić information content (AvgIpc) is 2.61. The van der Waals surface area contributed by atoms with Crippen LogP contribution in [0.4, 0.5) is 0 Å². The lowest BCUT2D eigenvalue weighted by molar-refractivity contribution is -0.130. The van der Waals surface area contributed by atoms with E-state index in [9.17, 15) is 4.79 Å². The summed E-state index contributed by atoms with van der Waals surface area (Å²) in [6.07, 6.45) is 1.44. The molecule has 1 fully saturated rings. The summed E-state index contributed by atoms with van der Waals surface area (Å²) >= 11 is 1.68. The molecule has 1 atom stereocenters. The highest BCUT2D eigenvalue weighted by Crippen LogP contribution is 2.17. The molecule has 2 heterocycles. The third kappa shape index (κ3) is 2.17. The Morgan fingerprint density at radius 3 is 3.23 bits per heavy atom. The second-order valence-corrected chi connectivity index (χ2v) is 4.10. The number of carbonyl (C=O) groups is 1. The standard InChI is InChI=1S/C10H12O2S/c11-10-1-3-12-6-9(10)5-8-2-4-13-7-8/h2,4,7,9H,1,3,5-6H2. The first-order valence-electron chi connectivity index (χ1n) is 4.48. The van der Waals surface area contributed by atoms with Crippen LogP contribution in [0.3, 0.4) is 0 Å². The molecule has 0 radical (unpaired) electrons. The molecule has 0 aliphatic carbocycles. The zero-order chi connectivity index (χ0) is 9.10. The number of carbonyl (C=O) groups excluding carboxylic acids is 1. The third-order valence-electron chi connectivity index (χ3n) is 2.33. The van der Waals surface area contributed by atoms with Gasteiger partial charge in [0, 0.05) is 12.3 Å². The minimum Gasteiger partial charge on any atom is -0.380 e. The molecule has 2 nitrogen and oxygen atoms in total. The number of ketones is 1. The third-order valence-corrected chi connectivity index (χ3v) is 3.06. The number of rotatable bonds is 2. The van der Waals surface area contributed by atoms with E-state index in [0.717, 1.165) is 6.42 Å². The predicted octanol–water partition coefficient (Wildman–Crippen LogP) is 1.90. The van der Waals surface area contributed by atoms with Gasteiger partial charge >= 0.3 is 0 Å². The summed E-state index contributed by atoms with van der Waals surface area (Å²) in [4.78, 5) is 11.4. The second kappa shape index (κ2) is 4.03. The van der Waals surface area contributed by atoms with Crippen molar-refractivity contribution >= 4 is 17.1 Å². The summed E-state index contributed by atoms with van der Waals surface area (Å²) in [5.41, 5.74) is 1.26. The summed E-state index contributed by atoms with van der Waals surface area (Å²) in [6.45, 7) is 1.22. The van der Waals surface area contributed by atoms with E-state index >= 15 is 0 Å². The maximum Gasteiger partial charge on any atom is 0.140 e. The van der Waals surface area contributed by atoms with Gasteiger partial charge in [0.25, 0.3) is 0 Å². The van der Waals surface area contributed by atoms with Crippen molar-refractivity contribution < 1.29 is 9.53 Å². The Kier molecular flexibility index (Phi) is 2.76. The molecule has 0 spiro atoms. The van der Waals surface area contributed by atoms with Crippen LogP contribution in [0.1, 0.15) is 12.0 Å². The van der Waals surface area contributed by atoms with Crippen molar-refractivity contribution in [3.05, 3.63) is 22.4 Å². The van der Waals surface area contributed by atoms with Crippen molar-refractivity contribution in [2.75, 3.05) is 13.2 Å². The first kappa shape index (κ1) is 8.91. The van der Waals surface area contributed by atoms with Crippen LogP contribution in [-0.4, -0.2) is 19.0 Å². The van der Waals surface area contributed by atoms with Gasteiger partial charge in [-0.2, -0.15) is 11.3 Å². The monoisotopic (exact) mass is 196 g/mol. The van der Waals surface area contributed by atoms with E-state index in [1.807, 2.05) is 5.38 Å². The fourth-order valence-electron chi connectivity index (χ4n) is 1.56. The number of Topliss-reactive ketones (excluding diaryl/α,β-unsaturated/α-hetero) is 1. The summed E-state index contributed by atoms with van der Waals surface area (Å²) in [6, 6.07) is 2.08. The Labute approximate surface area is 81.5 Å². The van der Waals surface area contributed by atoms with Gasteiger partial charge in [0.2, 0.25) is 0 Å². The number of hydrogen-bond acceptors (Lipinski definition) is 3. The SMILES string of the molecule is O=C1CCOCC1Cc1ccsc1. The Balaban J connectivity index is 1.97. The fraction of sp³-hybridized carbons (Fsp3) is 0.500. The highest BCUT2D eigenvalue weighted by atomic mass is 32.1.